The molecule has 1 saturated heterocycles. The smallest absolute Gasteiger partial charge is 0.111 e. The summed E-state index contributed by atoms with van der Waals surface area (Å²) in [7, 11) is 0. The Morgan fingerprint density at radius 2 is 2.25 bits per heavy atom. The third-order valence-electron chi connectivity index (χ3n) is 1.86. The largest absolute Gasteiger partial charge is 0.291 e. The first-order valence-electron chi connectivity index (χ1n) is 4.45. The molecule has 1 unspecified atom stereocenters. The zero-order valence-electron chi connectivity index (χ0n) is 8.04. The zero-order valence-corrected chi connectivity index (χ0v) is 8.04. The average molecular weight is 167 g/mol. The second-order valence-corrected chi connectivity index (χ2v) is 3.75. The number of hydrogen-bond acceptors (Lipinski definition) is 2. The molecule has 1 N–H and O–H groups in total. The maximum atomic E-state index is 4.23. The molecule has 12 heavy (non-hydrogen) atoms. The first kappa shape index (κ1) is 9.39. The van der Waals surface area contributed by atoms with Gasteiger partial charge in [0.25, 0.3) is 0 Å². The van der Waals surface area contributed by atoms with Crippen LogP contribution in [0, 0.1) is 0 Å². The van der Waals surface area contributed by atoms with Gasteiger partial charge in [-0.1, -0.05) is 6.92 Å². The summed E-state index contributed by atoms with van der Waals surface area (Å²) in [4.78, 5) is 8.23. The summed E-state index contributed by atoms with van der Waals surface area (Å²) >= 11 is 0. The molecule has 0 aromatic heterocycles. The number of aliphatic imine (C=N–C) groups is 2. The maximum absolute atomic E-state index is 4.23. The van der Waals surface area contributed by atoms with Crippen LogP contribution < -0.4 is 5.32 Å². The van der Waals surface area contributed by atoms with E-state index in [0.29, 0.717) is 0 Å². The Labute approximate surface area is 74.0 Å². The van der Waals surface area contributed by atoms with Gasteiger partial charge in [-0.3, -0.25) is 10.3 Å². The van der Waals surface area contributed by atoms with Gasteiger partial charge in [0.05, 0.1) is 0 Å². The van der Waals surface area contributed by atoms with E-state index in [-0.39, 0.29) is 11.7 Å². The summed E-state index contributed by atoms with van der Waals surface area (Å²) in [6.07, 6.45) is 5.85. The van der Waals surface area contributed by atoms with Gasteiger partial charge >= 0.3 is 0 Å². The van der Waals surface area contributed by atoms with Crippen molar-refractivity contribution in [2.75, 3.05) is 0 Å². The third kappa shape index (κ3) is 2.74. The van der Waals surface area contributed by atoms with Gasteiger partial charge in [0, 0.05) is 18.2 Å². The van der Waals surface area contributed by atoms with Crippen LogP contribution in [0.25, 0.3) is 0 Å². The van der Waals surface area contributed by atoms with E-state index in [1.165, 1.54) is 0 Å². The van der Waals surface area contributed by atoms with Crippen molar-refractivity contribution in [3.63, 3.8) is 0 Å². The first-order chi connectivity index (χ1) is 5.64. The molecule has 0 aromatic rings. The van der Waals surface area contributed by atoms with Crippen molar-refractivity contribution in [2.24, 2.45) is 9.98 Å². The Hall–Kier alpha value is -0.700. The predicted molar refractivity (Wildman–Crippen MR) is 52.9 cm³/mol. The van der Waals surface area contributed by atoms with Gasteiger partial charge in [0.2, 0.25) is 0 Å². The minimum absolute atomic E-state index is 0.274. The van der Waals surface area contributed by atoms with E-state index in [1.807, 2.05) is 6.21 Å². The average Bonchev–Trinajstić information content (AvgIpc) is 1.94. The van der Waals surface area contributed by atoms with Gasteiger partial charge in [-0.25, -0.2) is 4.99 Å². The van der Waals surface area contributed by atoms with E-state index in [0.717, 1.165) is 12.8 Å². The molecule has 3 heteroatoms. The molecule has 0 amide bonds. The van der Waals surface area contributed by atoms with Crippen LogP contribution in [0.1, 0.15) is 33.6 Å². The van der Waals surface area contributed by atoms with Crippen molar-refractivity contribution in [2.45, 2.75) is 45.3 Å². The number of rotatable bonds is 3. The SMILES string of the molecule is CC/C=N\C=NC1CC(C)(C)N1. The highest BCUT2D eigenvalue weighted by molar-refractivity contribution is 5.71. The lowest BCUT2D eigenvalue weighted by Crippen LogP contribution is -2.58. The molecule has 1 aliphatic rings. The minimum atomic E-state index is 0.274. The van der Waals surface area contributed by atoms with Gasteiger partial charge in [0.15, 0.2) is 0 Å². The lowest BCUT2D eigenvalue weighted by Gasteiger charge is -2.41. The Balaban J connectivity index is 2.18. The molecule has 1 heterocycles. The number of nitrogens with zero attached hydrogens (tertiary/aromatic N) is 2. The van der Waals surface area contributed by atoms with Crippen LogP contribution in [0.4, 0.5) is 0 Å². The topological polar surface area (TPSA) is 36.8 Å². The summed E-state index contributed by atoms with van der Waals surface area (Å²) < 4.78 is 0. The van der Waals surface area contributed by atoms with E-state index < -0.39 is 0 Å². The molecule has 0 radical (unpaired) electrons. The molecule has 1 aliphatic heterocycles. The van der Waals surface area contributed by atoms with E-state index in [4.69, 9.17) is 0 Å². The lowest BCUT2D eigenvalue weighted by atomic mass is 9.90. The summed E-state index contributed by atoms with van der Waals surface area (Å²) in [6, 6.07) is 0. The van der Waals surface area contributed by atoms with Crippen LogP contribution in [0.2, 0.25) is 0 Å². The fraction of sp³-hybridized carbons (Fsp3) is 0.778. The van der Waals surface area contributed by atoms with Crippen LogP contribution in [0.15, 0.2) is 9.98 Å². The fourth-order valence-electron chi connectivity index (χ4n) is 1.27. The third-order valence-corrected chi connectivity index (χ3v) is 1.86. The highest BCUT2D eigenvalue weighted by atomic mass is 15.2. The lowest BCUT2D eigenvalue weighted by molar-refractivity contribution is 0.182. The molecule has 0 aromatic carbocycles. The van der Waals surface area contributed by atoms with Crippen LogP contribution in [-0.4, -0.2) is 24.3 Å². The van der Waals surface area contributed by atoms with Crippen molar-refractivity contribution >= 4 is 12.6 Å². The summed E-state index contributed by atoms with van der Waals surface area (Å²) in [6.45, 7) is 6.41. The molecular formula is C9H17N3. The van der Waals surface area contributed by atoms with E-state index in [1.54, 1.807) is 6.34 Å². The van der Waals surface area contributed by atoms with Gasteiger partial charge in [0.1, 0.15) is 12.5 Å². The monoisotopic (exact) mass is 167 g/mol. The molecule has 1 rings (SSSR count). The molecule has 3 nitrogen and oxygen atoms in total. The van der Waals surface area contributed by atoms with E-state index >= 15 is 0 Å². The van der Waals surface area contributed by atoms with Crippen LogP contribution in [0.3, 0.4) is 0 Å². The zero-order chi connectivity index (χ0) is 9.03. The Morgan fingerprint density at radius 1 is 1.58 bits per heavy atom. The number of hydrogen-bond donors (Lipinski definition) is 1. The molecule has 0 saturated carbocycles. The molecule has 0 bridgehead atoms. The molecular weight excluding hydrogens is 150 g/mol. The van der Waals surface area contributed by atoms with Crippen LogP contribution in [-0.2, 0) is 0 Å². The Kier molecular flexibility index (Phi) is 2.98. The standard InChI is InChI=1S/C9H17N3/c1-4-5-10-7-11-8-6-9(2,3)12-8/h5,7-8,12H,4,6H2,1-3H3/b10-5-,11-7?. The molecule has 0 spiro atoms. The normalized spacial score (nSPS) is 28.1. The summed E-state index contributed by atoms with van der Waals surface area (Å²) in [5.74, 6) is 0. The maximum Gasteiger partial charge on any atom is 0.111 e. The minimum Gasteiger partial charge on any atom is -0.291 e. The van der Waals surface area contributed by atoms with Crippen molar-refractivity contribution < 1.29 is 0 Å². The van der Waals surface area contributed by atoms with Gasteiger partial charge < -0.3 is 0 Å². The van der Waals surface area contributed by atoms with Crippen LogP contribution >= 0.6 is 0 Å². The molecule has 1 atom stereocenters. The quantitative estimate of drug-likeness (QED) is 0.503. The highest BCUT2D eigenvalue weighted by Gasteiger charge is 2.34. The van der Waals surface area contributed by atoms with Crippen LogP contribution in [0.5, 0.6) is 0 Å². The first-order valence-corrected chi connectivity index (χ1v) is 4.45. The number of nitrogens with one attached hydrogen (secondary N) is 1. The van der Waals surface area contributed by atoms with Crippen molar-refractivity contribution in [1.82, 2.24) is 5.32 Å². The molecule has 0 aliphatic carbocycles. The second kappa shape index (κ2) is 3.81. The van der Waals surface area contributed by atoms with Crippen molar-refractivity contribution in [1.29, 1.82) is 0 Å². The van der Waals surface area contributed by atoms with Crippen molar-refractivity contribution in [3.8, 4) is 0 Å². The fourth-order valence-corrected chi connectivity index (χ4v) is 1.27. The van der Waals surface area contributed by atoms with Gasteiger partial charge in [-0.2, -0.15) is 0 Å². The van der Waals surface area contributed by atoms with Crippen molar-refractivity contribution in [3.05, 3.63) is 0 Å². The van der Waals surface area contributed by atoms with E-state index in [2.05, 4.69) is 36.1 Å². The Bertz CT molecular complexity index is 186. The molecule has 68 valence electrons. The van der Waals surface area contributed by atoms with Gasteiger partial charge in [-0.15, -0.1) is 0 Å². The molecule has 1 fully saturated rings. The second-order valence-electron chi connectivity index (χ2n) is 3.75. The van der Waals surface area contributed by atoms with E-state index in [9.17, 15) is 0 Å². The predicted octanol–water partition coefficient (Wildman–Crippen LogP) is 1.59. The summed E-state index contributed by atoms with van der Waals surface area (Å²) in [5, 5.41) is 3.32. The Morgan fingerprint density at radius 3 is 2.75 bits per heavy atom. The summed E-state index contributed by atoms with van der Waals surface area (Å²) in [5.41, 5.74) is 0.274. The van der Waals surface area contributed by atoms with Gasteiger partial charge in [-0.05, 0) is 20.3 Å². The highest BCUT2D eigenvalue weighted by Crippen LogP contribution is 2.23.